The van der Waals surface area contributed by atoms with E-state index in [0.717, 1.165) is 18.2 Å². The number of hydrogen-bond donors (Lipinski definition) is 2. The van der Waals surface area contributed by atoms with Crippen molar-refractivity contribution in [1.29, 1.82) is 0 Å². The quantitative estimate of drug-likeness (QED) is 0.744. The number of esters is 1. The predicted octanol–water partition coefficient (Wildman–Crippen LogP) is 4.07. The third kappa shape index (κ3) is 5.27. The van der Waals surface area contributed by atoms with Crippen LogP contribution in [0.15, 0.2) is 18.2 Å². The number of halogens is 3. The Balaban J connectivity index is 2.18. The molecule has 0 bridgehead atoms. The molecule has 0 spiro atoms. The van der Waals surface area contributed by atoms with Crippen molar-refractivity contribution < 1.29 is 32.6 Å². The van der Waals surface area contributed by atoms with Crippen LogP contribution in [0.4, 0.5) is 23.7 Å². The van der Waals surface area contributed by atoms with Gasteiger partial charge in [-0.15, -0.1) is 0 Å². The highest BCUT2D eigenvalue weighted by atomic mass is 19.4. The molecule has 9 heteroatoms. The maximum Gasteiger partial charge on any atom is 0.418 e. The number of carbonyl (C=O) groups excluding carboxylic acids is 1. The number of amides is 1. The first-order valence-corrected chi connectivity index (χ1v) is 8.76. The summed E-state index contributed by atoms with van der Waals surface area (Å²) in [5.41, 5.74) is -0.994. The van der Waals surface area contributed by atoms with Gasteiger partial charge in [-0.05, 0) is 50.8 Å². The number of rotatable bonds is 5. The first-order chi connectivity index (χ1) is 12.6. The SMILES string of the molecule is CCOC(=O)c1ccc(C(F)(F)F)c(NC(C)C2CCN(C(=O)O)CC2)c1. The van der Waals surface area contributed by atoms with Gasteiger partial charge in [0.15, 0.2) is 0 Å². The number of piperidine rings is 1. The molecule has 1 aromatic carbocycles. The van der Waals surface area contributed by atoms with Crippen molar-refractivity contribution in [2.45, 2.75) is 38.9 Å². The Bertz CT molecular complexity index is 686. The molecule has 0 radical (unpaired) electrons. The lowest BCUT2D eigenvalue weighted by Crippen LogP contribution is -2.41. The van der Waals surface area contributed by atoms with E-state index in [4.69, 9.17) is 9.84 Å². The Hall–Kier alpha value is -2.45. The molecule has 0 aromatic heterocycles. The molecule has 6 nitrogen and oxygen atoms in total. The number of nitrogens with zero attached hydrogens (tertiary/aromatic N) is 1. The van der Waals surface area contributed by atoms with E-state index in [0.29, 0.717) is 25.9 Å². The van der Waals surface area contributed by atoms with Gasteiger partial charge in [-0.3, -0.25) is 0 Å². The van der Waals surface area contributed by atoms with E-state index in [9.17, 15) is 22.8 Å². The van der Waals surface area contributed by atoms with Crippen LogP contribution in [0.2, 0.25) is 0 Å². The van der Waals surface area contributed by atoms with Crippen molar-refractivity contribution in [3.05, 3.63) is 29.3 Å². The third-order valence-corrected chi connectivity index (χ3v) is 4.74. The van der Waals surface area contributed by atoms with Gasteiger partial charge in [0.2, 0.25) is 0 Å². The highest BCUT2D eigenvalue weighted by Gasteiger charge is 2.35. The van der Waals surface area contributed by atoms with Gasteiger partial charge in [-0.1, -0.05) is 0 Å². The van der Waals surface area contributed by atoms with E-state index in [1.165, 1.54) is 4.90 Å². The van der Waals surface area contributed by atoms with E-state index in [1.807, 2.05) is 0 Å². The maximum absolute atomic E-state index is 13.3. The number of hydrogen-bond acceptors (Lipinski definition) is 4. The van der Waals surface area contributed by atoms with Gasteiger partial charge in [0.25, 0.3) is 0 Å². The minimum atomic E-state index is -4.57. The van der Waals surface area contributed by atoms with Crippen LogP contribution in [-0.4, -0.2) is 47.8 Å². The average molecular weight is 388 g/mol. The first kappa shape index (κ1) is 20.9. The van der Waals surface area contributed by atoms with E-state index in [2.05, 4.69) is 5.32 Å². The Morgan fingerprint density at radius 2 is 1.96 bits per heavy atom. The summed E-state index contributed by atoms with van der Waals surface area (Å²) < 4.78 is 44.9. The van der Waals surface area contributed by atoms with Crippen molar-refractivity contribution in [2.75, 3.05) is 25.0 Å². The van der Waals surface area contributed by atoms with Crippen LogP contribution in [0.1, 0.15) is 42.6 Å². The predicted molar refractivity (Wildman–Crippen MR) is 92.8 cm³/mol. The molecule has 1 unspecified atom stereocenters. The monoisotopic (exact) mass is 388 g/mol. The molecule has 1 saturated heterocycles. The lowest BCUT2D eigenvalue weighted by molar-refractivity contribution is -0.137. The number of carboxylic acid groups (broad SMARTS) is 1. The van der Waals surface area contributed by atoms with Gasteiger partial charge >= 0.3 is 18.2 Å². The summed E-state index contributed by atoms with van der Waals surface area (Å²) in [7, 11) is 0. The van der Waals surface area contributed by atoms with Crippen LogP contribution in [0.3, 0.4) is 0 Å². The van der Waals surface area contributed by atoms with Crippen LogP contribution in [0.5, 0.6) is 0 Å². The van der Waals surface area contributed by atoms with Gasteiger partial charge in [0, 0.05) is 24.8 Å². The zero-order valence-electron chi connectivity index (χ0n) is 15.2. The Morgan fingerprint density at radius 1 is 1.33 bits per heavy atom. The maximum atomic E-state index is 13.3. The summed E-state index contributed by atoms with van der Waals surface area (Å²) in [6.07, 6.45) is -4.45. The van der Waals surface area contributed by atoms with E-state index < -0.39 is 23.8 Å². The summed E-state index contributed by atoms with van der Waals surface area (Å²) in [4.78, 5) is 24.1. The van der Waals surface area contributed by atoms with E-state index in [1.54, 1.807) is 13.8 Å². The second-order valence-electron chi connectivity index (χ2n) is 6.52. The fourth-order valence-electron chi connectivity index (χ4n) is 3.21. The number of carbonyl (C=O) groups is 2. The fraction of sp³-hybridized carbons (Fsp3) is 0.556. The molecule has 1 atom stereocenters. The van der Waals surface area contributed by atoms with Crippen molar-refractivity contribution in [3.8, 4) is 0 Å². The number of nitrogens with one attached hydrogen (secondary N) is 1. The van der Waals surface area contributed by atoms with Crippen molar-refractivity contribution in [1.82, 2.24) is 4.90 Å². The Morgan fingerprint density at radius 3 is 2.48 bits per heavy atom. The van der Waals surface area contributed by atoms with Crippen LogP contribution >= 0.6 is 0 Å². The third-order valence-electron chi connectivity index (χ3n) is 4.74. The molecule has 1 aliphatic heterocycles. The van der Waals surface area contributed by atoms with Crippen molar-refractivity contribution in [3.63, 3.8) is 0 Å². The van der Waals surface area contributed by atoms with Crippen LogP contribution < -0.4 is 5.32 Å². The molecule has 1 aliphatic rings. The molecular weight excluding hydrogens is 365 g/mol. The fourth-order valence-corrected chi connectivity index (χ4v) is 3.21. The standard InChI is InChI=1S/C18H23F3N2O4/c1-3-27-16(24)13-4-5-14(18(19,20)21)15(10-13)22-11(2)12-6-8-23(9-7-12)17(25)26/h4-5,10-12,22H,3,6-9H2,1-2H3,(H,25,26). The highest BCUT2D eigenvalue weighted by Crippen LogP contribution is 2.36. The van der Waals surface area contributed by atoms with Crippen LogP contribution in [-0.2, 0) is 10.9 Å². The van der Waals surface area contributed by atoms with Gasteiger partial charge in [0.1, 0.15) is 0 Å². The topological polar surface area (TPSA) is 78.9 Å². The number of ether oxygens (including phenoxy) is 1. The number of anilines is 1. The molecule has 2 N–H and O–H groups in total. The minimum absolute atomic E-state index is 0.0212. The summed E-state index contributed by atoms with van der Waals surface area (Å²) >= 11 is 0. The zero-order valence-corrected chi connectivity index (χ0v) is 15.2. The van der Waals surface area contributed by atoms with Gasteiger partial charge in [-0.2, -0.15) is 13.2 Å². The van der Waals surface area contributed by atoms with Gasteiger partial charge in [-0.25, -0.2) is 9.59 Å². The summed E-state index contributed by atoms with van der Waals surface area (Å²) in [5, 5.41) is 11.9. The lowest BCUT2D eigenvalue weighted by Gasteiger charge is -2.34. The molecule has 2 rings (SSSR count). The Kier molecular flexibility index (Phi) is 6.56. The molecule has 150 valence electrons. The van der Waals surface area contributed by atoms with E-state index >= 15 is 0 Å². The summed E-state index contributed by atoms with van der Waals surface area (Å²) in [6, 6.07) is 2.81. The Labute approximate surface area is 155 Å². The average Bonchev–Trinajstić information content (AvgIpc) is 2.61. The second-order valence-corrected chi connectivity index (χ2v) is 6.52. The van der Waals surface area contributed by atoms with Gasteiger partial charge < -0.3 is 20.1 Å². The number of alkyl halides is 3. The van der Waals surface area contributed by atoms with Crippen molar-refractivity contribution in [2.24, 2.45) is 5.92 Å². The minimum Gasteiger partial charge on any atom is -0.465 e. The molecule has 1 aromatic rings. The molecule has 27 heavy (non-hydrogen) atoms. The summed E-state index contributed by atoms with van der Waals surface area (Å²) in [6.45, 7) is 4.20. The van der Waals surface area contributed by atoms with Crippen LogP contribution in [0.25, 0.3) is 0 Å². The summed E-state index contributed by atoms with van der Waals surface area (Å²) in [5.74, 6) is -0.662. The van der Waals surface area contributed by atoms with Gasteiger partial charge in [0.05, 0.1) is 17.7 Å². The number of likely N-dealkylation sites (tertiary alicyclic amines) is 1. The highest BCUT2D eigenvalue weighted by molar-refractivity contribution is 5.91. The number of benzene rings is 1. The normalized spacial score (nSPS) is 16.7. The molecule has 0 saturated carbocycles. The largest absolute Gasteiger partial charge is 0.465 e. The molecule has 1 heterocycles. The molecule has 1 fully saturated rings. The lowest BCUT2D eigenvalue weighted by atomic mass is 9.90. The smallest absolute Gasteiger partial charge is 0.418 e. The van der Waals surface area contributed by atoms with Crippen molar-refractivity contribution >= 4 is 17.7 Å². The molecule has 0 aliphatic carbocycles. The second kappa shape index (κ2) is 8.49. The zero-order chi connectivity index (χ0) is 20.2. The van der Waals surface area contributed by atoms with Crippen LogP contribution in [0, 0.1) is 5.92 Å². The molecule has 1 amide bonds. The van der Waals surface area contributed by atoms with E-state index in [-0.39, 0.29) is 29.8 Å². The first-order valence-electron chi connectivity index (χ1n) is 8.76. The molecular formula is C18H23F3N2O4.